The second-order valence-corrected chi connectivity index (χ2v) is 7.43. The number of alkyl halides is 3. The lowest BCUT2D eigenvalue weighted by atomic mass is 9.65. The van der Waals surface area contributed by atoms with Crippen molar-refractivity contribution in [1.82, 2.24) is 5.32 Å². The first-order valence-electron chi connectivity index (χ1n) is 9.14. The molecule has 1 aromatic rings. The van der Waals surface area contributed by atoms with Crippen LogP contribution in [0.2, 0.25) is 0 Å². The molecular formula is C19H26ClF3N2O2. The average molecular weight is 407 g/mol. The fraction of sp³-hybridized carbons (Fsp3) is 0.632. The van der Waals surface area contributed by atoms with Gasteiger partial charge in [0, 0.05) is 24.1 Å². The molecule has 0 spiro atoms. The van der Waals surface area contributed by atoms with Gasteiger partial charge in [-0.3, -0.25) is 4.79 Å². The first-order chi connectivity index (χ1) is 12.3. The Morgan fingerprint density at radius 3 is 2.44 bits per heavy atom. The van der Waals surface area contributed by atoms with Gasteiger partial charge in [0.1, 0.15) is 5.75 Å². The Morgan fingerprint density at radius 2 is 1.81 bits per heavy atom. The third-order valence-corrected chi connectivity index (χ3v) is 5.60. The van der Waals surface area contributed by atoms with E-state index in [4.69, 9.17) is 10.5 Å². The van der Waals surface area contributed by atoms with E-state index in [1.54, 1.807) is 18.2 Å². The van der Waals surface area contributed by atoms with Crippen molar-refractivity contribution >= 4 is 18.3 Å². The van der Waals surface area contributed by atoms with Gasteiger partial charge in [0.05, 0.1) is 0 Å². The van der Waals surface area contributed by atoms with E-state index in [1.165, 1.54) is 12.5 Å². The van der Waals surface area contributed by atoms with E-state index in [9.17, 15) is 18.0 Å². The molecule has 2 fully saturated rings. The summed E-state index contributed by atoms with van der Waals surface area (Å²) >= 11 is 0. The number of carbonyl (C=O) groups is 1. The zero-order valence-electron chi connectivity index (χ0n) is 15.0. The number of carbonyl (C=O) groups excluding carboxylic acids is 1. The highest BCUT2D eigenvalue weighted by Gasteiger charge is 2.40. The molecule has 1 aromatic carbocycles. The van der Waals surface area contributed by atoms with Gasteiger partial charge in [-0.2, -0.15) is 13.2 Å². The Bertz CT molecular complexity index is 628. The van der Waals surface area contributed by atoms with Crippen LogP contribution < -0.4 is 15.8 Å². The number of amides is 1. The highest BCUT2D eigenvalue weighted by atomic mass is 35.5. The maximum atomic E-state index is 12.6. The van der Waals surface area contributed by atoms with Crippen LogP contribution in [0.1, 0.15) is 37.7 Å². The van der Waals surface area contributed by atoms with Gasteiger partial charge in [-0.15, -0.1) is 12.4 Å². The third-order valence-electron chi connectivity index (χ3n) is 5.60. The van der Waals surface area contributed by atoms with Crippen molar-refractivity contribution in [3.8, 4) is 5.75 Å². The predicted octanol–water partition coefficient (Wildman–Crippen LogP) is 3.82. The summed E-state index contributed by atoms with van der Waals surface area (Å²) in [6, 6.07) is 6.67. The number of para-hydroxylation sites is 1. The minimum absolute atomic E-state index is 0. The molecule has 3 N–H and O–H groups in total. The molecule has 0 radical (unpaired) electrons. The fourth-order valence-electron chi connectivity index (χ4n) is 4.28. The largest absolute Gasteiger partial charge is 0.484 e. The summed E-state index contributed by atoms with van der Waals surface area (Å²) in [7, 11) is 0. The van der Waals surface area contributed by atoms with Gasteiger partial charge in [-0.1, -0.05) is 24.6 Å². The number of fused-ring (bicyclic) bond motifs is 2. The van der Waals surface area contributed by atoms with Crippen LogP contribution in [0.3, 0.4) is 0 Å². The van der Waals surface area contributed by atoms with Gasteiger partial charge in [0.2, 0.25) is 5.91 Å². The van der Waals surface area contributed by atoms with Crippen molar-refractivity contribution in [1.29, 1.82) is 0 Å². The minimum atomic E-state index is -4.39. The van der Waals surface area contributed by atoms with Crippen molar-refractivity contribution < 1.29 is 22.7 Å². The van der Waals surface area contributed by atoms with Gasteiger partial charge in [0.15, 0.2) is 6.61 Å². The number of hydrogen-bond donors (Lipinski definition) is 2. The number of ether oxygens (including phenoxy) is 1. The topological polar surface area (TPSA) is 64.4 Å². The van der Waals surface area contributed by atoms with Crippen LogP contribution >= 0.6 is 12.4 Å². The van der Waals surface area contributed by atoms with Gasteiger partial charge in [0.25, 0.3) is 0 Å². The van der Waals surface area contributed by atoms with E-state index in [-0.39, 0.29) is 42.6 Å². The minimum Gasteiger partial charge on any atom is -0.484 e. The van der Waals surface area contributed by atoms with Crippen LogP contribution in [0.15, 0.2) is 24.3 Å². The molecule has 2 atom stereocenters. The Labute approximate surface area is 163 Å². The standard InChI is InChI=1S/C19H25F3N2O2.ClH/c20-19(21,22)11-26-16-7-2-1-4-14(16)10-24-18(25)15-8-12-5-3-6-13(9-15)17(12)23;/h1-2,4,7,12-13,15,17H,3,5-6,8-11,23H2,(H,24,25);1H. The van der Waals surface area contributed by atoms with Crippen molar-refractivity contribution in [3.05, 3.63) is 29.8 Å². The van der Waals surface area contributed by atoms with Crippen LogP contribution in [0.5, 0.6) is 5.75 Å². The summed E-state index contributed by atoms with van der Waals surface area (Å²) in [6.45, 7) is -1.19. The lowest BCUT2D eigenvalue weighted by Gasteiger charge is -2.43. The highest BCUT2D eigenvalue weighted by Crippen LogP contribution is 2.41. The Kier molecular flexibility index (Phi) is 7.40. The smallest absolute Gasteiger partial charge is 0.422 e. The summed E-state index contributed by atoms with van der Waals surface area (Å²) in [5.41, 5.74) is 6.80. The van der Waals surface area contributed by atoms with Gasteiger partial charge < -0.3 is 15.8 Å². The van der Waals surface area contributed by atoms with Crippen molar-refractivity contribution in [2.75, 3.05) is 6.61 Å². The first kappa shape index (κ1) is 21.8. The van der Waals surface area contributed by atoms with E-state index in [0.717, 1.165) is 25.7 Å². The Morgan fingerprint density at radius 1 is 1.19 bits per heavy atom. The molecule has 2 bridgehead atoms. The number of rotatable bonds is 5. The summed E-state index contributed by atoms with van der Waals surface area (Å²) in [6.07, 6.45) is 0.548. The second kappa shape index (κ2) is 9.15. The number of nitrogens with two attached hydrogens (primary N) is 1. The summed E-state index contributed by atoms with van der Waals surface area (Å²) in [4.78, 5) is 12.6. The zero-order chi connectivity index (χ0) is 18.7. The third kappa shape index (κ3) is 5.75. The van der Waals surface area contributed by atoms with Crippen LogP contribution in [0, 0.1) is 17.8 Å². The number of nitrogens with one attached hydrogen (secondary N) is 1. The second-order valence-electron chi connectivity index (χ2n) is 7.43. The van der Waals surface area contributed by atoms with Crippen molar-refractivity contribution in [2.24, 2.45) is 23.5 Å². The van der Waals surface area contributed by atoms with Gasteiger partial charge in [-0.05, 0) is 43.6 Å². The SMILES string of the molecule is Cl.NC1C2CCCC1CC(C(=O)NCc1ccccc1OCC(F)(F)F)C2. The van der Waals surface area contributed by atoms with E-state index < -0.39 is 12.8 Å². The summed E-state index contributed by atoms with van der Waals surface area (Å²) in [5.74, 6) is 0.849. The molecule has 27 heavy (non-hydrogen) atoms. The van der Waals surface area contributed by atoms with Gasteiger partial charge in [-0.25, -0.2) is 0 Å². The molecule has 2 aliphatic carbocycles. The quantitative estimate of drug-likeness (QED) is 0.781. The van der Waals surface area contributed by atoms with Crippen LogP contribution in [-0.4, -0.2) is 24.7 Å². The molecule has 152 valence electrons. The molecular weight excluding hydrogens is 381 g/mol. The lowest BCUT2D eigenvalue weighted by molar-refractivity contribution is -0.153. The average Bonchev–Trinajstić information content (AvgIpc) is 2.57. The van der Waals surface area contributed by atoms with Crippen LogP contribution in [-0.2, 0) is 11.3 Å². The molecule has 3 rings (SSSR count). The number of halogens is 4. The maximum absolute atomic E-state index is 12.6. The molecule has 2 saturated carbocycles. The van der Waals surface area contributed by atoms with E-state index in [0.29, 0.717) is 17.4 Å². The molecule has 0 heterocycles. The molecule has 8 heteroatoms. The van der Waals surface area contributed by atoms with E-state index in [1.807, 2.05) is 0 Å². The van der Waals surface area contributed by atoms with Crippen molar-refractivity contribution in [2.45, 2.75) is 50.9 Å². The maximum Gasteiger partial charge on any atom is 0.422 e. The van der Waals surface area contributed by atoms with Gasteiger partial charge >= 0.3 is 6.18 Å². The predicted molar refractivity (Wildman–Crippen MR) is 98.6 cm³/mol. The Balaban J connectivity index is 0.00000261. The lowest BCUT2D eigenvalue weighted by Crippen LogP contribution is -2.49. The monoisotopic (exact) mass is 406 g/mol. The van der Waals surface area contributed by atoms with E-state index >= 15 is 0 Å². The molecule has 1 amide bonds. The molecule has 2 unspecified atom stereocenters. The number of hydrogen-bond acceptors (Lipinski definition) is 3. The van der Waals surface area contributed by atoms with Crippen molar-refractivity contribution in [3.63, 3.8) is 0 Å². The summed E-state index contributed by atoms with van der Waals surface area (Å²) < 4.78 is 42.0. The van der Waals surface area contributed by atoms with Crippen LogP contribution in [0.4, 0.5) is 13.2 Å². The normalized spacial score (nSPS) is 27.4. The Hall–Kier alpha value is -1.47. The fourth-order valence-corrected chi connectivity index (χ4v) is 4.28. The highest BCUT2D eigenvalue weighted by molar-refractivity contribution is 5.85. The molecule has 0 saturated heterocycles. The summed E-state index contributed by atoms with van der Waals surface area (Å²) in [5, 5.41) is 2.87. The van der Waals surface area contributed by atoms with E-state index in [2.05, 4.69) is 5.32 Å². The molecule has 4 nitrogen and oxygen atoms in total. The number of benzene rings is 1. The molecule has 2 aliphatic rings. The molecule has 0 aliphatic heterocycles. The first-order valence-corrected chi connectivity index (χ1v) is 9.14. The zero-order valence-corrected chi connectivity index (χ0v) is 15.8. The van der Waals surface area contributed by atoms with Crippen LogP contribution in [0.25, 0.3) is 0 Å². The molecule has 0 aromatic heterocycles.